The predicted octanol–water partition coefficient (Wildman–Crippen LogP) is 19.1. The van der Waals surface area contributed by atoms with Crippen LogP contribution in [0.25, 0.3) is 0 Å². The van der Waals surface area contributed by atoms with Crippen LogP contribution < -0.4 is 0 Å². The molecule has 0 saturated carbocycles. The lowest BCUT2D eigenvalue weighted by Crippen LogP contribution is -2.29. The number of ether oxygens (including phenoxy) is 3. The molecule has 1 atom stereocenters. The van der Waals surface area contributed by atoms with Crippen molar-refractivity contribution in [3.63, 3.8) is 0 Å². The monoisotopic (exact) mass is 939 g/mol. The lowest BCUT2D eigenvalue weighted by molar-refractivity contribution is -0.162. The number of rotatable bonds is 49. The molecule has 0 fully saturated rings. The maximum atomic E-state index is 12.8. The smallest absolute Gasteiger partial charge is 0.310 e. The highest BCUT2D eigenvalue weighted by molar-refractivity contribution is 5.71. The van der Waals surface area contributed by atoms with Gasteiger partial charge in [-0.05, 0) is 116 Å². The van der Waals surface area contributed by atoms with Gasteiger partial charge in [-0.25, -0.2) is 0 Å². The summed E-state index contributed by atoms with van der Waals surface area (Å²) in [7, 11) is 0. The van der Waals surface area contributed by atoms with Gasteiger partial charge in [-0.2, -0.15) is 0 Å². The van der Waals surface area contributed by atoms with Crippen molar-refractivity contribution >= 4 is 11.9 Å². The Hall–Kier alpha value is -3.96. The predicted molar refractivity (Wildman–Crippen MR) is 297 cm³/mol. The molecule has 0 radical (unpaired) electrons. The summed E-state index contributed by atoms with van der Waals surface area (Å²) < 4.78 is 17.3. The Bertz CT molecular complexity index is 1430. The van der Waals surface area contributed by atoms with Crippen LogP contribution in [0, 0.1) is 0 Å². The van der Waals surface area contributed by atoms with Crippen LogP contribution in [0.5, 0.6) is 0 Å². The molecule has 5 nitrogen and oxygen atoms in total. The van der Waals surface area contributed by atoms with E-state index in [4.69, 9.17) is 14.2 Å². The average molecular weight is 940 g/mol. The zero-order valence-corrected chi connectivity index (χ0v) is 44.1. The van der Waals surface area contributed by atoms with Crippen molar-refractivity contribution in [2.45, 2.75) is 232 Å². The van der Waals surface area contributed by atoms with Crippen molar-refractivity contribution in [1.82, 2.24) is 0 Å². The minimum Gasteiger partial charge on any atom is -0.462 e. The molecule has 0 amide bonds. The Morgan fingerprint density at radius 1 is 0.353 bits per heavy atom. The number of unbranched alkanes of at least 4 members (excludes halogenated alkanes) is 17. The molecule has 0 saturated heterocycles. The molecule has 0 aromatic carbocycles. The van der Waals surface area contributed by atoms with Crippen LogP contribution in [-0.2, 0) is 23.8 Å². The van der Waals surface area contributed by atoms with E-state index >= 15 is 0 Å². The molecule has 0 heterocycles. The second kappa shape index (κ2) is 57.4. The van der Waals surface area contributed by atoms with Crippen molar-refractivity contribution in [3.8, 4) is 0 Å². The SMILES string of the molecule is CC/C=C\C/C=C\C/C=C\C/C=C\C/C=C\CC(=O)OC(COCCCCCCCCCC/C=C\C/C=C\C/C=C\CC)COC(=O)CCCCCCCC/C=C\C/C=C\C/C=C\CCCCC. The number of hydrogen-bond donors (Lipinski definition) is 0. The third kappa shape index (κ3) is 54.6. The molecule has 0 aromatic rings. The van der Waals surface area contributed by atoms with Crippen LogP contribution >= 0.6 is 0 Å². The molecule has 0 aromatic heterocycles. The third-order valence-electron chi connectivity index (χ3n) is 11.2. The summed E-state index contributed by atoms with van der Waals surface area (Å²) in [5.74, 6) is -0.569. The highest BCUT2D eigenvalue weighted by atomic mass is 16.6. The Labute approximate surface area is 419 Å². The van der Waals surface area contributed by atoms with E-state index in [-0.39, 0.29) is 31.6 Å². The van der Waals surface area contributed by atoms with Gasteiger partial charge in [0, 0.05) is 13.0 Å². The standard InChI is InChI=1S/C63H102O5/c1-4-7-10-13-16-19-22-25-28-30-32-33-36-38-41-44-47-50-53-56-62(64)67-60-61(68-63(65)57-54-51-48-45-42-39-35-27-24-21-18-15-12-9-6-3)59-66-58-55-52-49-46-43-40-37-34-31-29-26-23-20-17-14-11-8-5-2/h8-9,11-12,16-21,25-29,32-33,35,42,45,51,54,61H,4-7,10,13-15,22-24,30-31,34,36-41,43-44,46-50,52-53,55-60H2,1-3H3/b11-8-,12-9-,19-16-,20-17-,21-18-,28-25-,29-26-,33-32-,35-27-,45-42-,54-51-. The zero-order valence-electron chi connectivity index (χ0n) is 44.1. The zero-order chi connectivity index (χ0) is 49.2. The normalized spacial score (nSPS) is 13.3. The molecule has 384 valence electrons. The first-order valence-electron chi connectivity index (χ1n) is 27.7. The van der Waals surface area contributed by atoms with Crippen LogP contribution in [0.2, 0.25) is 0 Å². The molecule has 0 aliphatic carbocycles. The van der Waals surface area contributed by atoms with Crippen molar-refractivity contribution < 1.29 is 23.8 Å². The van der Waals surface area contributed by atoms with Crippen LogP contribution in [0.4, 0.5) is 0 Å². The van der Waals surface area contributed by atoms with Gasteiger partial charge < -0.3 is 14.2 Å². The van der Waals surface area contributed by atoms with E-state index < -0.39 is 6.10 Å². The topological polar surface area (TPSA) is 61.8 Å². The average Bonchev–Trinajstić information content (AvgIpc) is 3.34. The molecular weight excluding hydrogens is 837 g/mol. The summed E-state index contributed by atoms with van der Waals surface area (Å²) in [5, 5.41) is 0. The lowest BCUT2D eigenvalue weighted by Gasteiger charge is -2.18. The van der Waals surface area contributed by atoms with E-state index in [2.05, 4.69) is 142 Å². The molecule has 0 rings (SSSR count). The van der Waals surface area contributed by atoms with Gasteiger partial charge >= 0.3 is 11.9 Å². The quantitative estimate of drug-likeness (QED) is 0.0345. The minimum absolute atomic E-state index is 0.0273. The summed E-state index contributed by atoms with van der Waals surface area (Å²) in [6.45, 7) is 7.43. The maximum Gasteiger partial charge on any atom is 0.310 e. The van der Waals surface area contributed by atoms with E-state index in [1.807, 2.05) is 12.2 Å². The molecule has 5 heteroatoms. The Morgan fingerprint density at radius 3 is 1.13 bits per heavy atom. The number of esters is 2. The fourth-order valence-corrected chi connectivity index (χ4v) is 7.14. The van der Waals surface area contributed by atoms with E-state index in [0.29, 0.717) is 13.0 Å². The van der Waals surface area contributed by atoms with Crippen molar-refractivity contribution in [2.75, 3.05) is 19.8 Å². The highest BCUT2D eigenvalue weighted by Gasteiger charge is 2.17. The van der Waals surface area contributed by atoms with Gasteiger partial charge in [0.1, 0.15) is 6.61 Å². The van der Waals surface area contributed by atoms with Gasteiger partial charge in [0.05, 0.1) is 13.0 Å². The maximum absolute atomic E-state index is 12.8. The van der Waals surface area contributed by atoms with E-state index in [9.17, 15) is 9.59 Å². The first-order chi connectivity index (χ1) is 33.6. The van der Waals surface area contributed by atoms with E-state index in [1.165, 1.54) is 89.9 Å². The van der Waals surface area contributed by atoms with Crippen molar-refractivity contribution in [1.29, 1.82) is 0 Å². The van der Waals surface area contributed by atoms with Gasteiger partial charge in [-0.1, -0.05) is 231 Å². The summed E-state index contributed by atoms with van der Waals surface area (Å²) in [6, 6.07) is 0. The largest absolute Gasteiger partial charge is 0.462 e. The van der Waals surface area contributed by atoms with Crippen LogP contribution in [0.15, 0.2) is 134 Å². The van der Waals surface area contributed by atoms with E-state index in [1.54, 1.807) is 0 Å². The molecule has 0 spiro atoms. The molecule has 0 bridgehead atoms. The van der Waals surface area contributed by atoms with Crippen molar-refractivity contribution in [2.24, 2.45) is 0 Å². The second-order valence-electron chi connectivity index (χ2n) is 17.7. The van der Waals surface area contributed by atoms with Gasteiger partial charge in [-0.3, -0.25) is 9.59 Å². The number of carbonyl (C=O) groups is 2. The minimum atomic E-state index is -0.610. The fourth-order valence-electron chi connectivity index (χ4n) is 7.14. The summed E-state index contributed by atoms with van der Waals surface area (Å²) >= 11 is 0. The molecule has 0 aliphatic heterocycles. The molecule has 1 unspecified atom stereocenters. The fraction of sp³-hybridized carbons (Fsp3) is 0.619. The van der Waals surface area contributed by atoms with Gasteiger partial charge in [0.15, 0.2) is 6.10 Å². The summed E-state index contributed by atoms with van der Waals surface area (Å²) in [4.78, 5) is 25.4. The molecule has 0 aliphatic rings. The first kappa shape index (κ1) is 64.0. The Balaban J connectivity index is 4.43. The Morgan fingerprint density at radius 2 is 0.706 bits per heavy atom. The van der Waals surface area contributed by atoms with Crippen LogP contribution in [-0.4, -0.2) is 37.9 Å². The Kier molecular flexibility index (Phi) is 54.0. The summed E-state index contributed by atoms with van der Waals surface area (Å²) in [5.41, 5.74) is 0. The number of allylic oxidation sites excluding steroid dienone is 21. The molecular formula is C63H102O5. The third-order valence-corrected chi connectivity index (χ3v) is 11.2. The van der Waals surface area contributed by atoms with E-state index in [0.717, 1.165) is 103 Å². The summed E-state index contributed by atoms with van der Waals surface area (Å²) in [6.07, 6.45) is 82.0. The molecule has 68 heavy (non-hydrogen) atoms. The van der Waals surface area contributed by atoms with Crippen LogP contribution in [0.3, 0.4) is 0 Å². The van der Waals surface area contributed by atoms with Gasteiger partial charge in [0.25, 0.3) is 0 Å². The highest BCUT2D eigenvalue weighted by Crippen LogP contribution is 2.13. The second-order valence-corrected chi connectivity index (χ2v) is 17.7. The lowest BCUT2D eigenvalue weighted by atomic mass is 10.1. The van der Waals surface area contributed by atoms with Crippen molar-refractivity contribution in [3.05, 3.63) is 134 Å². The first-order valence-corrected chi connectivity index (χ1v) is 27.7. The number of hydrogen-bond acceptors (Lipinski definition) is 5. The van der Waals surface area contributed by atoms with Gasteiger partial charge in [-0.15, -0.1) is 0 Å². The van der Waals surface area contributed by atoms with Gasteiger partial charge in [0.2, 0.25) is 0 Å². The number of carbonyl (C=O) groups excluding carboxylic acids is 2. The molecule has 0 N–H and O–H groups in total. The van der Waals surface area contributed by atoms with Crippen LogP contribution in [0.1, 0.15) is 226 Å².